The van der Waals surface area contributed by atoms with Gasteiger partial charge in [0.25, 0.3) is 5.91 Å². The third-order valence-corrected chi connectivity index (χ3v) is 6.30. The fraction of sp³-hybridized carbons (Fsp3) is 0.111. The fourth-order valence-corrected chi connectivity index (χ4v) is 4.32. The number of nitrogens with one attached hydrogen (secondary N) is 1. The van der Waals surface area contributed by atoms with E-state index in [1.807, 2.05) is 47.8 Å². The Balaban J connectivity index is 1.41. The number of carbonyl (C=O) groups is 2. The summed E-state index contributed by atoms with van der Waals surface area (Å²) < 4.78 is 6.09. The second-order valence-electron chi connectivity index (χ2n) is 7.64. The summed E-state index contributed by atoms with van der Waals surface area (Å²) in [4.78, 5) is 24.6. The Labute approximate surface area is 206 Å². The molecule has 3 aromatic carbocycles. The Morgan fingerprint density at radius 1 is 0.941 bits per heavy atom. The number of halogens is 1. The van der Waals surface area contributed by atoms with Gasteiger partial charge in [-0.15, -0.1) is 11.3 Å². The molecule has 172 valence electrons. The topological polar surface area (TPSA) is 75.6 Å². The number of amides is 1. The smallest absolute Gasteiger partial charge is 0.307 e. The maximum Gasteiger partial charge on any atom is 0.307 e. The molecule has 0 aliphatic heterocycles. The standard InChI is InChI=1S/C27H22ClNO4S/c28-21-8-3-18(4-9-21)13-14-29-27(32)20-6-10-22(11-7-20)33-24-12-5-19(17-26(30)31)16-23(24)25-2-1-15-34-25/h1-12,15-16H,13-14,17H2,(H,29,32)(H,30,31). The molecule has 34 heavy (non-hydrogen) atoms. The minimum absolute atomic E-state index is 0.0551. The zero-order valence-electron chi connectivity index (χ0n) is 18.2. The number of carboxylic acid groups (broad SMARTS) is 1. The lowest BCUT2D eigenvalue weighted by Gasteiger charge is -2.12. The van der Waals surface area contributed by atoms with Crippen molar-refractivity contribution in [3.63, 3.8) is 0 Å². The molecule has 1 heterocycles. The van der Waals surface area contributed by atoms with E-state index in [0.717, 1.165) is 16.0 Å². The van der Waals surface area contributed by atoms with E-state index in [1.54, 1.807) is 47.7 Å². The number of hydrogen-bond donors (Lipinski definition) is 2. The maximum atomic E-state index is 12.5. The number of hydrogen-bond acceptors (Lipinski definition) is 4. The molecule has 0 fully saturated rings. The first kappa shape index (κ1) is 23.5. The highest BCUT2D eigenvalue weighted by atomic mass is 35.5. The van der Waals surface area contributed by atoms with Crippen LogP contribution in [0.25, 0.3) is 10.4 Å². The van der Waals surface area contributed by atoms with Crippen LogP contribution in [0.3, 0.4) is 0 Å². The Hall–Kier alpha value is -3.61. The molecule has 7 heteroatoms. The highest BCUT2D eigenvalue weighted by Crippen LogP contribution is 2.36. The van der Waals surface area contributed by atoms with Crippen LogP contribution in [0.15, 0.2) is 84.2 Å². The highest BCUT2D eigenvalue weighted by Gasteiger charge is 2.12. The second kappa shape index (κ2) is 11.0. The lowest BCUT2D eigenvalue weighted by molar-refractivity contribution is -0.136. The zero-order chi connectivity index (χ0) is 23.9. The largest absolute Gasteiger partial charge is 0.481 e. The van der Waals surface area contributed by atoms with Crippen molar-refractivity contribution < 1.29 is 19.4 Å². The van der Waals surface area contributed by atoms with Crippen LogP contribution in [0.2, 0.25) is 5.02 Å². The SMILES string of the molecule is O=C(O)Cc1ccc(Oc2ccc(C(=O)NCCc3ccc(Cl)cc3)cc2)c(-c2cccs2)c1. The van der Waals surface area contributed by atoms with Crippen LogP contribution in [0, 0.1) is 0 Å². The average Bonchev–Trinajstić information content (AvgIpc) is 3.36. The zero-order valence-corrected chi connectivity index (χ0v) is 19.7. The monoisotopic (exact) mass is 491 g/mol. The van der Waals surface area contributed by atoms with E-state index in [-0.39, 0.29) is 12.3 Å². The van der Waals surface area contributed by atoms with Crippen LogP contribution in [-0.2, 0) is 17.6 Å². The van der Waals surface area contributed by atoms with Gasteiger partial charge in [0.15, 0.2) is 0 Å². The lowest BCUT2D eigenvalue weighted by Crippen LogP contribution is -2.25. The number of carboxylic acids is 1. The van der Waals surface area contributed by atoms with E-state index in [2.05, 4.69) is 5.32 Å². The van der Waals surface area contributed by atoms with Crippen molar-refractivity contribution in [3.8, 4) is 21.9 Å². The van der Waals surface area contributed by atoms with Crippen molar-refractivity contribution in [3.05, 3.63) is 106 Å². The van der Waals surface area contributed by atoms with Crippen LogP contribution in [0.1, 0.15) is 21.5 Å². The number of aliphatic carboxylic acids is 1. The van der Waals surface area contributed by atoms with E-state index >= 15 is 0 Å². The van der Waals surface area contributed by atoms with E-state index in [9.17, 15) is 9.59 Å². The first-order chi connectivity index (χ1) is 16.5. The fourth-order valence-electron chi connectivity index (χ4n) is 3.45. The normalized spacial score (nSPS) is 10.6. The third-order valence-electron chi connectivity index (χ3n) is 5.14. The molecule has 0 radical (unpaired) electrons. The molecule has 0 spiro atoms. The summed E-state index contributed by atoms with van der Waals surface area (Å²) >= 11 is 7.45. The molecule has 0 aliphatic rings. The number of rotatable bonds is 9. The molecule has 0 unspecified atom stereocenters. The van der Waals surface area contributed by atoms with Gasteiger partial charge in [0.1, 0.15) is 11.5 Å². The van der Waals surface area contributed by atoms with Crippen molar-refractivity contribution in [2.24, 2.45) is 0 Å². The molecule has 0 saturated heterocycles. The van der Waals surface area contributed by atoms with E-state index in [1.165, 1.54) is 0 Å². The first-order valence-electron chi connectivity index (χ1n) is 10.7. The summed E-state index contributed by atoms with van der Waals surface area (Å²) in [5.74, 6) is 0.170. The minimum atomic E-state index is -0.882. The number of thiophene rings is 1. The van der Waals surface area contributed by atoms with Gasteiger partial charge in [-0.2, -0.15) is 0 Å². The van der Waals surface area contributed by atoms with Crippen molar-refractivity contribution in [2.75, 3.05) is 6.54 Å². The van der Waals surface area contributed by atoms with Gasteiger partial charge < -0.3 is 15.2 Å². The molecular formula is C27H22ClNO4S. The summed E-state index contributed by atoms with van der Waals surface area (Å²) in [6.45, 7) is 0.519. The minimum Gasteiger partial charge on any atom is -0.481 e. The van der Waals surface area contributed by atoms with Gasteiger partial charge in [0.2, 0.25) is 0 Å². The summed E-state index contributed by atoms with van der Waals surface area (Å²) in [6, 6.07) is 23.8. The molecule has 0 bridgehead atoms. The van der Waals surface area contributed by atoms with Crippen LogP contribution >= 0.6 is 22.9 Å². The Morgan fingerprint density at radius 3 is 2.35 bits per heavy atom. The Kier molecular flexibility index (Phi) is 7.62. The molecular weight excluding hydrogens is 470 g/mol. The molecule has 5 nitrogen and oxygen atoms in total. The van der Waals surface area contributed by atoms with E-state index in [4.69, 9.17) is 21.4 Å². The van der Waals surface area contributed by atoms with Gasteiger partial charge in [-0.3, -0.25) is 9.59 Å². The van der Waals surface area contributed by atoms with Gasteiger partial charge in [0.05, 0.1) is 6.42 Å². The van der Waals surface area contributed by atoms with Crippen LogP contribution in [-0.4, -0.2) is 23.5 Å². The number of carbonyl (C=O) groups excluding carboxylic acids is 1. The number of ether oxygens (including phenoxy) is 1. The third kappa shape index (κ3) is 6.25. The van der Waals surface area contributed by atoms with E-state index < -0.39 is 5.97 Å². The van der Waals surface area contributed by atoms with Crippen LogP contribution < -0.4 is 10.1 Å². The maximum absolute atomic E-state index is 12.5. The predicted octanol–water partition coefficient (Wildman–Crippen LogP) is 6.46. The lowest BCUT2D eigenvalue weighted by atomic mass is 10.1. The molecule has 0 saturated carbocycles. The van der Waals surface area contributed by atoms with Crippen LogP contribution in [0.4, 0.5) is 0 Å². The molecule has 0 atom stereocenters. The van der Waals surface area contributed by atoms with E-state index in [0.29, 0.717) is 40.6 Å². The second-order valence-corrected chi connectivity index (χ2v) is 9.02. The molecule has 2 N–H and O–H groups in total. The van der Waals surface area contributed by atoms with Crippen molar-refractivity contribution >= 4 is 34.8 Å². The molecule has 4 aromatic rings. The van der Waals surface area contributed by atoms with Gasteiger partial charge in [-0.05, 0) is 77.5 Å². The summed E-state index contributed by atoms with van der Waals surface area (Å²) in [7, 11) is 0. The van der Waals surface area contributed by atoms with Crippen molar-refractivity contribution in [1.82, 2.24) is 5.32 Å². The highest BCUT2D eigenvalue weighted by molar-refractivity contribution is 7.13. The molecule has 1 aromatic heterocycles. The number of benzene rings is 3. The van der Waals surface area contributed by atoms with Crippen molar-refractivity contribution in [1.29, 1.82) is 0 Å². The summed E-state index contributed by atoms with van der Waals surface area (Å²) in [5, 5.41) is 14.7. The molecule has 0 aliphatic carbocycles. The van der Waals surface area contributed by atoms with Gasteiger partial charge in [0, 0.05) is 27.6 Å². The van der Waals surface area contributed by atoms with Gasteiger partial charge in [-0.25, -0.2) is 0 Å². The molecule has 4 rings (SSSR count). The summed E-state index contributed by atoms with van der Waals surface area (Å²) in [6.07, 6.45) is 0.661. The summed E-state index contributed by atoms with van der Waals surface area (Å²) in [5.41, 5.74) is 3.18. The quantitative estimate of drug-likeness (QED) is 0.281. The van der Waals surface area contributed by atoms with Crippen molar-refractivity contribution in [2.45, 2.75) is 12.8 Å². The Bertz CT molecular complexity index is 1270. The first-order valence-corrected chi connectivity index (χ1v) is 11.9. The van der Waals surface area contributed by atoms with Crippen LogP contribution in [0.5, 0.6) is 11.5 Å². The average molecular weight is 492 g/mol. The van der Waals surface area contributed by atoms with Gasteiger partial charge >= 0.3 is 5.97 Å². The van der Waals surface area contributed by atoms with Gasteiger partial charge in [-0.1, -0.05) is 35.9 Å². The Morgan fingerprint density at radius 2 is 1.68 bits per heavy atom. The predicted molar refractivity (Wildman–Crippen MR) is 135 cm³/mol. The molecule has 1 amide bonds.